The number of sulfonamides is 1. The molecule has 1 aromatic rings. The van der Waals surface area contributed by atoms with Gasteiger partial charge in [0.2, 0.25) is 15.8 Å². The van der Waals surface area contributed by atoms with Crippen molar-refractivity contribution in [1.29, 1.82) is 0 Å². The standard InChI is InChI=1S/C13H17N3O3S/c1-9-4-6-12(7-5-9)20(18,19)16-11(3)10(2)13(17)8-15-14/h4-8,10-11,16H,1-3H3/t10-,11-/m0/s1. The van der Waals surface area contributed by atoms with Crippen LogP contribution in [0, 0.1) is 12.8 Å². The van der Waals surface area contributed by atoms with Crippen LogP contribution in [0.4, 0.5) is 0 Å². The van der Waals surface area contributed by atoms with Gasteiger partial charge in [-0.2, -0.15) is 4.79 Å². The van der Waals surface area contributed by atoms with Crippen LogP contribution in [-0.2, 0) is 14.8 Å². The van der Waals surface area contributed by atoms with E-state index in [1.807, 2.05) is 6.92 Å². The molecule has 0 saturated heterocycles. The van der Waals surface area contributed by atoms with E-state index < -0.39 is 27.8 Å². The fraction of sp³-hybridized carbons (Fsp3) is 0.385. The van der Waals surface area contributed by atoms with Crippen molar-refractivity contribution in [3.63, 3.8) is 0 Å². The molecule has 0 bridgehead atoms. The number of carbonyl (C=O) groups excluding carboxylic acids is 1. The number of aryl methyl sites for hydroxylation is 1. The van der Waals surface area contributed by atoms with Gasteiger partial charge in [0.25, 0.3) is 0 Å². The van der Waals surface area contributed by atoms with E-state index in [1.165, 1.54) is 12.1 Å². The molecule has 1 rings (SSSR count). The van der Waals surface area contributed by atoms with Gasteiger partial charge < -0.3 is 5.53 Å². The molecule has 6 nitrogen and oxygen atoms in total. The zero-order valence-corrected chi connectivity index (χ0v) is 12.4. The summed E-state index contributed by atoms with van der Waals surface area (Å²) >= 11 is 0. The number of benzene rings is 1. The van der Waals surface area contributed by atoms with Crippen LogP contribution in [0.2, 0.25) is 0 Å². The van der Waals surface area contributed by atoms with Crippen LogP contribution >= 0.6 is 0 Å². The van der Waals surface area contributed by atoms with Crippen LogP contribution in [0.1, 0.15) is 19.4 Å². The van der Waals surface area contributed by atoms with E-state index >= 15 is 0 Å². The third kappa shape index (κ3) is 4.09. The van der Waals surface area contributed by atoms with Crippen molar-refractivity contribution in [2.24, 2.45) is 5.92 Å². The van der Waals surface area contributed by atoms with Crippen LogP contribution in [0.3, 0.4) is 0 Å². The minimum atomic E-state index is -3.68. The van der Waals surface area contributed by atoms with Crippen molar-refractivity contribution in [2.75, 3.05) is 0 Å². The highest BCUT2D eigenvalue weighted by Crippen LogP contribution is 2.13. The molecule has 0 fully saturated rings. The highest BCUT2D eigenvalue weighted by Gasteiger charge is 2.26. The number of Topliss-reactive ketones (excluding diaryl/α,β-unsaturated/α-hetero) is 1. The lowest BCUT2D eigenvalue weighted by molar-refractivity contribution is -0.119. The first-order chi connectivity index (χ1) is 9.27. The summed E-state index contributed by atoms with van der Waals surface area (Å²) in [7, 11) is -3.68. The second-order valence-corrected chi connectivity index (χ2v) is 6.37. The van der Waals surface area contributed by atoms with Gasteiger partial charge in [0.1, 0.15) is 0 Å². The Morgan fingerprint density at radius 1 is 1.30 bits per heavy atom. The molecule has 0 aliphatic heterocycles. The molecule has 20 heavy (non-hydrogen) atoms. The molecule has 1 N–H and O–H groups in total. The number of hydrogen-bond donors (Lipinski definition) is 1. The zero-order valence-electron chi connectivity index (χ0n) is 11.6. The molecule has 0 aliphatic carbocycles. The van der Waals surface area contributed by atoms with E-state index in [2.05, 4.69) is 9.51 Å². The minimum absolute atomic E-state index is 0.144. The van der Waals surface area contributed by atoms with Crippen molar-refractivity contribution in [3.05, 3.63) is 35.4 Å². The van der Waals surface area contributed by atoms with Gasteiger partial charge in [-0.3, -0.25) is 4.79 Å². The van der Waals surface area contributed by atoms with Crippen molar-refractivity contribution < 1.29 is 18.0 Å². The fourth-order valence-corrected chi connectivity index (χ4v) is 2.88. The highest BCUT2D eigenvalue weighted by molar-refractivity contribution is 7.89. The third-order valence-corrected chi connectivity index (χ3v) is 4.63. The van der Waals surface area contributed by atoms with Gasteiger partial charge >= 0.3 is 6.21 Å². The molecule has 108 valence electrons. The van der Waals surface area contributed by atoms with E-state index in [9.17, 15) is 13.2 Å². The van der Waals surface area contributed by atoms with Gasteiger partial charge in [0, 0.05) is 12.0 Å². The van der Waals surface area contributed by atoms with Gasteiger partial charge in [-0.15, -0.1) is 0 Å². The first-order valence-electron chi connectivity index (χ1n) is 6.08. The summed E-state index contributed by atoms with van der Waals surface area (Å²) < 4.78 is 26.7. The maximum Gasteiger partial charge on any atom is 0.323 e. The maximum atomic E-state index is 12.1. The molecule has 1 aromatic carbocycles. The molecular formula is C13H17N3O3S. The average molecular weight is 295 g/mol. The summed E-state index contributed by atoms with van der Waals surface area (Å²) in [5.74, 6) is -1.09. The molecule has 2 atom stereocenters. The largest absolute Gasteiger partial charge is 0.361 e. The van der Waals surface area contributed by atoms with Crippen molar-refractivity contribution in [3.8, 4) is 0 Å². The Labute approximate surface area is 118 Å². The second kappa shape index (κ2) is 6.56. The number of hydrogen-bond acceptors (Lipinski definition) is 3. The first-order valence-corrected chi connectivity index (χ1v) is 7.56. The summed E-state index contributed by atoms with van der Waals surface area (Å²) in [6, 6.07) is 5.79. The summed E-state index contributed by atoms with van der Waals surface area (Å²) in [5.41, 5.74) is 9.27. The van der Waals surface area contributed by atoms with Crippen LogP contribution in [0.15, 0.2) is 29.2 Å². The molecule has 0 aromatic heterocycles. The minimum Gasteiger partial charge on any atom is -0.361 e. The lowest BCUT2D eigenvalue weighted by Crippen LogP contribution is -2.40. The normalized spacial score (nSPS) is 14.2. The molecule has 0 unspecified atom stereocenters. The molecule has 0 spiro atoms. The quantitative estimate of drug-likeness (QED) is 0.484. The van der Waals surface area contributed by atoms with E-state index in [0.717, 1.165) is 11.8 Å². The van der Waals surface area contributed by atoms with E-state index in [4.69, 9.17) is 5.53 Å². The molecule has 0 heterocycles. The monoisotopic (exact) mass is 295 g/mol. The summed E-state index contributed by atoms with van der Waals surface area (Å²) in [6.45, 7) is 5.01. The lowest BCUT2D eigenvalue weighted by atomic mass is 10.0. The van der Waals surface area contributed by atoms with Gasteiger partial charge in [-0.1, -0.05) is 24.6 Å². The van der Waals surface area contributed by atoms with E-state index in [0.29, 0.717) is 0 Å². The van der Waals surface area contributed by atoms with Crippen LogP contribution in [-0.4, -0.2) is 31.2 Å². The Hall–Kier alpha value is -1.82. The van der Waals surface area contributed by atoms with Crippen molar-refractivity contribution in [2.45, 2.75) is 31.7 Å². The summed E-state index contributed by atoms with van der Waals surface area (Å²) in [4.78, 5) is 14.3. The number of nitrogens with zero attached hydrogens (tertiary/aromatic N) is 2. The van der Waals surface area contributed by atoms with Gasteiger partial charge in [-0.25, -0.2) is 13.1 Å². The predicted molar refractivity (Wildman–Crippen MR) is 74.8 cm³/mol. The highest BCUT2D eigenvalue weighted by atomic mass is 32.2. The molecule has 0 amide bonds. The number of rotatable bonds is 6. The molecule has 7 heteroatoms. The number of carbonyl (C=O) groups is 1. The Bertz CT molecular complexity index is 631. The van der Waals surface area contributed by atoms with Crippen LogP contribution in [0.5, 0.6) is 0 Å². The van der Waals surface area contributed by atoms with E-state index in [1.54, 1.807) is 26.0 Å². The smallest absolute Gasteiger partial charge is 0.323 e. The van der Waals surface area contributed by atoms with Gasteiger partial charge in [0.15, 0.2) is 0 Å². The maximum absolute atomic E-state index is 12.1. The second-order valence-electron chi connectivity index (χ2n) is 4.66. The Morgan fingerprint density at radius 3 is 2.35 bits per heavy atom. The third-order valence-electron chi connectivity index (χ3n) is 3.06. The summed E-state index contributed by atoms with van der Waals surface area (Å²) in [6.07, 6.45) is 0.765. The number of nitrogens with one attached hydrogen (secondary N) is 1. The SMILES string of the molecule is Cc1ccc(S(=O)(=O)N[C@@H](C)[C@H](C)C(=O)C=[N+]=[N-])cc1. The van der Waals surface area contributed by atoms with Crippen molar-refractivity contribution >= 4 is 22.0 Å². The molecule has 0 saturated carbocycles. The fourth-order valence-electron chi connectivity index (χ4n) is 1.55. The topological polar surface area (TPSA) is 99.6 Å². The zero-order chi connectivity index (χ0) is 15.3. The Morgan fingerprint density at radius 2 is 1.85 bits per heavy atom. The molecule has 0 radical (unpaired) electrons. The average Bonchev–Trinajstić information content (AvgIpc) is 2.38. The lowest BCUT2D eigenvalue weighted by Gasteiger charge is -2.17. The van der Waals surface area contributed by atoms with Gasteiger partial charge in [-0.05, 0) is 26.0 Å². The Balaban J connectivity index is 2.88. The van der Waals surface area contributed by atoms with Crippen molar-refractivity contribution in [1.82, 2.24) is 4.72 Å². The van der Waals surface area contributed by atoms with E-state index in [-0.39, 0.29) is 4.90 Å². The first kappa shape index (κ1) is 16.2. The molecular weight excluding hydrogens is 278 g/mol. The number of ketones is 1. The Kier molecular flexibility index (Phi) is 5.33. The summed E-state index contributed by atoms with van der Waals surface area (Å²) in [5, 5.41) is 0. The van der Waals surface area contributed by atoms with Gasteiger partial charge in [0.05, 0.1) is 4.90 Å². The predicted octanol–water partition coefficient (Wildman–Crippen LogP) is 1.17. The van der Waals surface area contributed by atoms with Crippen LogP contribution in [0.25, 0.3) is 5.53 Å². The van der Waals surface area contributed by atoms with Crippen LogP contribution < -0.4 is 4.72 Å². The molecule has 0 aliphatic rings.